The van der Waals surface area contributed by atoms with Crippen molar-refractivity contribution >= 4 is 40.6 Å². The Morgan fingerprint density at radius 1 is 0.853 bits per heavy atom. The molecule has 0 aliphatic carbocycles. The molecule has 1 aliphatic rings. The van der Waals surface area contributed by atoms with Gasteiger partial charge in [0.05, 0.1) is 28.2 Å². The molecule has 1 N–H and O–H groups in total. The number of hydrogen-bond donors (Lipinski definition) is 1. The largest absolute Gasteiger partial charge is 0.360 e. The number of carbonyl (C=O) groups excluding carboxylic acids is 3. The first-order valence-electron chi connectivity index (χ1n) is 10.3. The second-order valence-corrected chi connectivity index (χ2v) is 7.53. The lowest BCUT2D eigenvalue weighted by atomic mass is 10.1. The Labute approximate surface area is 193 Å². The summed E-state index contributed by atoms with van der Waals surface area (Å²) in [6.45, 7) is 1.70. The Morgan fingerprint density at radius 3 is 2.21 bits per heavy atom. The Hall–Kier alpha value is -4.92. The van der Waals surface area contributed by atoms with E-state index < -0.39 is 17.7 Å². The van der Waals surface area contributed by atoms with Gasteiger partial charge in [-0.3, -0.25) is 14.4 Å². The molecule has 3 aromatic carbocycles. The molecule has 0 radical (unpaired) electrons. The Morgan fingerprint density at radius 2 is 1.53 bits per heavy atom. The molecule has 0 bridgehead atoms. The van der Waals surface area contributed by atoms with Gasteiger partial charge in [0.25, 0.3) is 17.7 Å². The van der Waals surface area contributed by atoms with Gasteiger partial charge in [0, 0.05) is 11.6 Å². The average Bonchev–Trinajstić information content (AvgIpc) is 3.38. The average molecular weight is 451 g/mol. The third-order valence-electron chi connectivity index (χ3n) is 5.16. The van der Waals surface area contributed by atoms with Gasteiger partial charge in [0.15, 0.2) is 5.82 Å². The van der Waals surface area contributed by atoms with Gasteiger partial charge in [-0.2, -0.15) is 10.2 Å². The highest BCUT2D eigenvalue weighted by atomic mass is 16.5. The summed E-state index contributed by atoms with van der Waals surface area (Å²) < 4.78 is 4.93. The zero-order valence-electron chi connectivity index (χ0n) is 17.9. The van der Waals surface area contributed by atoms with Gasteiger partial charge in [0.1, 0.15) is 5.76 Å². The van der Waals surface area contributed by atoms with Crippen molar-refractivity contribution < 1.29 is 18.9 Å². The highest BCUT2D eigenvalue weighted by molar-refractivity contribution is 6.34. The second kappa shape index (κ2) is 8.55. The highest BCUT2D eigenvalue weighted by Crippen LogP contribution is 2.31. The number of carbonyl (C=O) groups is 3. The highest BCUT2D eigenvalue weighted by Gasteiger charge is 2.37. The normalized spacial score (nSPS) is 12.9. The van der Waals surface area contributed by atoms with Crippen molar-refractivity contribution in [2.45, 2.75) is 6.92 Å². The molecule has 0 atom stereocenters. The van der Waals surface area contributed by atoms with E-state index in [1.807, 2.05) is 30.3 Å². The van der Waals surface area contributed by atoms with Crippen LogP contribution in [-0.2, 0) is 0 Å². The van der Waals surface area contributed by atoms with Crippen molar-refractivity contribution in [3.8, 4) is 0 Å². The Balaban J connectivity index is 1.35. The smallest absolute Gasteiger partial charge is 0.266 e. The number of benzene rings is 3. The lowest BCUT2D eigenvalue weighted by molar-refractivity contribution is 0.0925. The van der Waals surface area contributed by atoms with Gasteiger partial charge in [-0.05, 0) is 61.5 Å². The summed E-state index contributed by atoms with van der Waals surface area (Å²) in [4.78, 5) is 39.6. The summed E-state index contributed by atoms with van der Waals surface area (Å²) in [6.07, 6.45) is 0. The van der Waals surface area contributed by atoms with Gasteiger partial charge < -0.3 is 9.84 Å². The summed E-state index contributed by atoms with van der Waals surface area (Å²) in [5.74, 6) is -0.629. The molecule has 5 rings (SSSR count). The quantitative estimate of drug-likeness (QED) is 0.320. The van der Waals surface area contributed by atoms with Crippen LogP contribution in [0, 0.1) is 6.92 Å². The van der Waals surface area contributed by atoms with Gasteiger partial charge >= 0.3 is 0 Å². The molecule has 0 unspecified atom stereocenters. The number of nitrogens with one attached hydrogen (secondary N) is 1. The topological polar surface area (TPSA) is 117 Å². The minimum atomic E-state index is -0.509. The number of anilines is 2. The van der Waals surface area contributed by atoms with Crippen LogP contribution in [0.5, 0.6) is 0 Å². The van der Waals surface area contributed by atoms with E-state index >= 15 is 0 Å². The van der Waals surface area contributed by atoms with Gasteiger partial charge in [0.2, 0.25) is 0 Å². The molecule has 3 amide bonds. The molecule has 0 saturated carbocycles. The third kappa shape index (κ3) is 3.97. The summed E-state index contributed by atoms with van der Waals surface area (Å²) >= 11 is 0. The van der Waals surface area contributed by atoms with E-state index in [9.17, 15) is 14.4 Å². The first-order valence-corrected chi connectivity index (χ1v) is 10.3. The maximum atomic E-state index is 13.0. The number of imide groups is 1. The first-order chi connectivity index (χ1) is 16.5. The van der Waals surface area contributed by atoms with Crippen LogP contribution in [0.15, 0.2) is 93.6 Å². The number of amides is 3. The van der Waals surface area contributed by atoms with Crippen molar-refractivity contribution in [2.24, 2.45) is 10.2 Å². The van der Waals surface area contributed by atoms with E-state index in [1.54, 1.807) is 37.3 Å². The maximum absolute atomic E-state index is 13.0. The van der Waals surface area contributed by atoms with E-state index in [2.05, 4.69) is 20.7 Å². The molecule has 0 spiro atoms. The number of nitrogens with zero attached hydrogens (tertiary/aromatic N) is 4. The molecule has 1 aromatic heterocycles. The van der Waals surface area contributed by atoms with E-state index in [4.69, 9.17) is 4.52 Å². The summed E-state index contributed by atoms with van der Waals surface area (Å²) in [5, 5.41) is 14.6. The van der Waals surface area contributed by atoms with E-state index in [0.29, 0.717) is 22.8 Å². The molecule has 9 heteroatoms. The molecule has 0 saturated heterocycles. The van der Waals surface area contributed by atoms with Gasteiger partial charge in [-0.25, -0.2) is 4.90 Å². The van der Waals surface area contributed by atoms with Crippen molar-refractivity contribution in [1.29, 1.82) is 0 Å². The number of aryl methyl sites for hydroxylation is 1. The van der Waals surface area contributed by atoms with Crippen LogP contribution in [0.25, 0.3) is 0 Å². The van der Waals surface area contributed by atoms with Gasteiger partial charge in [-0.15, -0.1) is 0 Å². The van der Waals surface area contributed by atoms with Crippen LogP contribution in [0.4, 0.5) is 22.9 Å². The molecule has 34 heavy (non-hydrogen) atoms. The molecule has 1 aliphatic heterocycles. The standard InChI is InChI=1S/C25H17N5O4/c1-15-13-22(29-34-15)26-23(31)16-7-12-20-21(14-16)25(33)30(24(20)32)19-10-8-18(9-11-19)28-27-17-5-3-2-4-6-17/h2-14H,1H3,(H,26,29,31). The number of fused-ring (bicyclic) bond motifs is 1. The van der Waals surface area contributed by atoms with Crippen LogP contribution in [0.3, 0.4) is 0 Å². The molecular weight excluding hydrogens is 434 g/mol. The number of aromatic nitrogens is 1. The predicted molar refractivity (Wildman–Crippen MR) is 124 cm³/mol. The molecule has 4 aromatic rings. The zero-order valence-corrected chi connectivity index (χ0v) is 17.9. The van der Waals surface area contributed by atoms with Crippen molar-refractivity contribution in [3.63, 3.8) is 0 Å². The van der Waals surface area contributed by atoms with Crippen LogP contribution in [-0.4, -0.2) is 22.9 Å². The minimum absolute atomic E-state index is 0.154. The first kappa shape index (κ1) is 21.0. The Kier molecular flexibility index (Phi) is 5.27. The maximum Gasteiger partial charge on any atom is 0.266 e. The fourth-order valence-electron chi connectivity index (χ4n) is 3.51. The van der Waals surface area contributed by atoms with Crippen molar-refractivity contribution in [3.05, 3.63) is 101 Å². The van der Waals surface area contributed by atoms with Gasteiger partial charge in [-0.1, -0.05) is 23.4 Å². The van der Waals surface area contributed by atoms with Crippen LogP contribution >= 0.6 is 0 Å². The monoisotopic (exact) mass is 451 g/mol. The number of azo groups is 1. The minimum Gasteiger partial charge on any atom is -0.360 e. The predicted octanol–water partition coefficient (Wildman–Crippen LogP) is 5.45. The molecule has 0 fully saturated rings. The van der Waals surface area contributed by atoms with E-state index in [1.165, 1.54) is 18.2 Å². The van der Waals surface area contributed by atoms with Crippen molar-refractivity contribution in [2.75, 3.05) is 10.2 Å². The molecule has 9 nitrogen and oxygen atoms in total. The lowest BCUT2D eigenvalue weighted by Crippen LogP contribution is -2.29. The number of hydrogen-bond acceptors (Lipinski definition) is 7. The fraction of sp³-hybridized carbons (Fsp3) is 0.0400. The summed E-state index contributed by atoms with van der Waals surface area (Å²) in [5.41, 5.74) is 2.29. The summed E-state index contributed by atoms with van der Waals surface area (Å²) in [6, 6.07) is 21.8. The van der Waals surface area contributed by atoms with Crippen LogP contribution in [0.2, 0.25) is 0 Å². The molecule has 166 valence electrons. The SMILES string of the molecule is Cc1cc(NC(=O)c2ccc3c(c2)C(=O)N(c2ccc(N=Nc4ccccc4)cc2)C3=O)no1. The van der Waals surface area contributed by atoms with Crippen LogP contribution in [0.1, 0.15) is 36.8 Å². The van der Waals surface area contributed by atoms with E-state index in [-0.39, 0.29) is 22.5 Å². The van der Waals surface area contributed by atoms with Crippen molar-refractivity contribution in [1.82, 2.24) is 5.16 Å². The summed E-state index contributed by atoms with van der Waals surface area (Å²) in [7, 11) is 0. The van der Waals surface area contributed by atoms with E-state index in [0.717, 1.165) is 4.90 Å². The lowest BCUT2D eigenvalue weighted by Gasteiger charge is -2.13. The third-order valence-corrected chi connectivity index (χ3v) is 5.16. The molecular formula is C25H17N5O4. The number of rotatable bonds is 5. The zero-order chi connectivity index (χ0) is 23.7. The van der Waals surface area contributed by atoms with Crippen LogP contribution < -0.4 is 10.2 Å². The Bertz CT molecular complexity index is 1440. The molecule has 2 heterocycles. The second-order valence-electron chi connectivity index (χ2n) is 7.53. The fourth-order valence-corrected chi connectivity index (χ4v) is 3.51.